The standard InChI is InChI=1S/C18H23F3N4O2/c1-11(2)14(10-26)23-17-24-15(18(19,20)21)8-16(25-17)22-9-12-5-4-6-13(7-12)27-3/h4-8,11,14,26H,9-10H2,1-3H3,(H2,22,23,24,25)/t14-/m0/s1. The van der Waals surface area contributed by atoms with Gasteiger partial charge in [0.25, 0.3) is 0 Å². The van der Waals surface area contributed by atoms with Gasteiger partial charge in [0.2, 0.25) is 5.95 Å². The smallest absolute Gasteiger partial charge is 0.433 e. The molecule has 6 nitrogen and oxygen atoms in total. The highest BCUT2D eigenvalue weighted by Crippen LogP contribution is 2.30. The number of aromatic nitrogens is 2. The first kappa shape index (κ1) is 20.8. The summed E-state index contributed by atoms with van der Waals surface area (Å²) < 4.78 is 44.7. The summed E-state index contributed by atoms with van der Waals surface area (Å²) in [6.07, 6.45) is -4.61. The van der Waals surface area contributed by atoms with Crippen molar-refractivity contribution in [2.45, 2.75) is 32.6 Å². The minimum absolute atomic E-state index is 0.0127. The molecule has 0 bridgehead atoms. The van der Waals surface area contributed by atoms with Crippen molar-refractivity contribution >= 4 is 11.8 Å². The number of aliphatic hydroxyl groups is 1. The molecule has 1 aromatic carbocycles. The van der Waals surface area contributed by atoms with Crippen LogP contribution in [0.25, 0.3) is 0 Å². The molecule has 0 aliphatic rings. The molecule has 0 aliphatic carbocycles. The van der Waals surface area contributed by atoms with Crippen molar-refractivity contribution < 1.29 is 23.0 Å². The third kappa shape index (κ3) is 5.99. The molecule has 0 amide bonds. The topological polar surface area (TPSA) is 79.3 Å². The molecule has 0 radical (unpaired) electrons. The Hall–Kier alpha value is -2.55. The first-order valence-corrected chi connectivity index (χ1v) is 8.43. The molecule has 1 heterocycles. The van der Waals surface area contributed by atoms with Gasteiger partial charge in [0, 0.05) is 12.6 Å². The number of alkyl halides is 3. The monoisotopic (exact) mass is 384 g/mol. The lowest BCUT2D eigenvalue weighted by atomic mass is 10.1. The summed E-state index contributed by atoms with van der Waals surface area (Å²) >= 11 is 0. The second-order valence-electron chi connectivity index (χ2n) is 6.34. The summed E-state index contributed by atoms with van der Waals surface area (Å²) in [4.78, 5) is 7.64. The Morgan fingerprint density at radius 2 is 1.93 bits per heavy atom. The predicted molar refractivity (Wildman–Crippen MR) is 96.7 cm³/mol. The number of anilines is 2. The number of halogens is 3. The SMILES string of the molecule is COc1cccc(CNc2cc(C(F)(F)F)nc(N[C@@H](CO)C(C)C)n2)c1. The van der Waals surface area contributed by atoms with Crippen LogP contribution < -0.4 is 15.4 Å². The van der Waals surface area contributed by atoms with E-state index in [1.54, 1.807) is 18.2 Å². The van der Waals surface area contributed by atoms with E-state index in [-0.39, 0.29) is 30.8 Å². The molecule has 148 valence electrons. The van der Waals surface area contributed by atoms with E-state index in [9.17, 15) is 18.3 Å². The molecule has 0 saturated carbocycles. The highest BCUT2D eigenvalue weighted by atomic mass is 19.4. The van der Waals surface area contributed by atoms with Crippen molar-refractivity contribution in [3.05, 3.63) is 41.6 Å². The van der Waals surface area contributed by atoms with Crippen LogP contribution in [0.2, 0.25) is 0 Å². The Balaban J connectivity index is 2.24. The lowest BCUT2D eigenvalue weighted by Gasteiger charge is -2.21. The number of hydrogen-bond donors (Lipinski definition) is 3. The van der Waals surface area contributed by atoms with E-state index in [1.165, 1.54) is 7.11 Å². The first-order valence-electron chi connectivity index (χ1n) is 8.43. The predicted octanol–water partition coefficient (Wildman–Crippen LogP) is 3.54. The van der Waals surface area contributed by atoms with Crippen LogP contribution >= 0.6 is 0 Å². The van der Waals surface area contributed by atoms with Gasteiger partial charge < -0.3 is 20.5 Å². The van der Waals surface area contributed by atoms with E-state index in [0.717, 1.165) is 11.6 Å². The van der Waals surface area contributed by atoms with Gasteiger partial charge in [-0.1, -0.05) is 26.0 Å². The average molecular weight is 384 g/mol. The number of nitrogens with one attached hydrogen (secondary N) is 2. The van der Waals surface area contributed by atoms with E-state index < -0.39 is 17.9 Å². The maximum atomic E-state index is 13.2. The Labute approximate surface area is 155 Å². The molecule has 27 heavy (non-hydrogen) atoms. The van der Waals surface area contributed by atoms with Crippen LogP contribution in [0.1, 0.15) is 25.1 Å². The molecule has 1 atom stereocenters. The molecule has 0 spiro atoms. The quantitative estimate of drug-likeness (QED) is 0.646. The summed E-state index contributed by atoms with van der Waals surface area (Å²) in [5, 5.41) is 15.0. The summed E-state index contributed by atoms with van der Waals surface area (Å²) in [7, 11) is 1.54. The molecular weight excluding hydrogens is 361 g/mol. The zero-order valence-electron chi connectivity index (χ0n) is 15.3. The minimum atomic E-state index is -4.61. The van der Waals surface area contributed by atoms with Crippen LogP contribution in [-0.2, 0) is 12.7 Å². The van der Waals surface area contributed by atoms with Crippen molar-refractivity contribution in [3.8, 4) is 5.75 Å². The summed E-state index contributed by atoms with van der Waals surface area (Å²) in [6, 6.07) is 7.56. The second kappa shape index (κ2) is 8.90. The zero-order valence-corrected chi connectivity index (χ0v) is 15.3. The molecule has 0 fully saturated rings. The zero-order chi connectivity index (χ0) is 20.0. The Bertz CT molecular complexity index is 754. The number of hydrogen-bond acceptors (Lipinski definition) is 6. The lowest BCUT2D eigenvalue weighted by molar-refractivity contribution is -0.141. The molecule has 1 aromatic heterocycles. The lowest BCUT2D eigenvalue weighted by Crippen LogP contribution is -2.30. The highest BCUT2D eigenvalue weighted by Gasteiger charge is 2.34. The van der Waals surface area contributed by atoms with Gasteiger partial charge in [0.15, 0.2) is 5.69 Å². The van der Waals surface area contributed by atoms with Gasteiger partial charge in [0.1, 0.15) is 11.6 Å². The average Bonchev–Trinajstić information content (AvgIpc) is 2.63. The minimum Gasteiger partial charge on any atom is -0.497 e. The molecule has 9 heteroatoms. The molecule has 2 aromatic rings. The van der Waals surface area contributed by atoms with Crippen LogP contribution in [-0.4, -0.2) is 34.8 Å². The van der Waals surface area contributed by atoms with E-state index in [0.29, 0.717) is 5.75 Å². The van der Waals surface area contributed by atoms with E-state index in [2.05, 4.69) is 20.6 Å². The number of rotatable bonds is 8. The van der Waals surface area contributed by atoms with Crippen LogP contribution in [0.5, 0.6) is 5.75 Å². The van der Waals surface area contributed by atoms with Crippen LogP contribution in [0, 0.1) is 5.92 Å². The fraction of sp³-hybridized carbons (Fsp3) is 0.444. The first-order chi connectivity index (χ1) is 12.7. The van der Waals surface area contributed by atoms with Gasteiger partial charge in [-0.05, 0) is 23.6 Å². The van der Waals surface area contributed by atoms with Crippen molar-refractivity contribution in [1.82, 2.24) is 9.97 Å². The fourth-order valence-corrected chi connectivity index (χ4v) is 2.31. The summed E-state index contributed by atoms with van der Waals surface area (Å²) in [5.41, 5.74) is -0.236. The molecule has 2 rings (SSSR count). The van der Waals surface area contributed by atoms with Crippen molar-refractivity contribution in [1.29, 1.82) is 0 Å². The van der Waals surface area contributed by atoms with E-state index in [4.69, 9.17) is 4.74 Å². The number of methoxy groups -OCH3 is 1. The molecule has 0 saturated heterocycles. The number of aliphatic hydroxyl groups excluding tert-OH is 1. The molecule has 0 unspecified atom stereocenters. The van der Waals surface area contributed by atoms with Crippen LogP contribution in [0.15, 0.2) is 30.3 Å². The Morgan fingerprint density at radius 1 is 1.19 bits per heavy atom. The summed E-state index contributed by atoms with van der Waals surface area (Å²) in [5.74, 6) is 0.480. The van der Waals surface area contributed by atoms with Crippen molar-refractivity contribution in [2.75, 3.05) is 24.4 Å². The van der Waals surface area contributed by atoms with Gasteiger partial charge in [-0.25, -0.2) is 4.98 Å². The molecule has 0 aliphatic heterocycles. The third-order valence-electron chi connectivity index (χ3n) is 3.94. The summed E-state index contributed by atoms with van der Waals surface area (Å²) in [6.45, 7) is 3.69. The van der Waals surface area contributed by atoms with Gasteiger partial charge >= 0.3 is 6.18 Å². The number of benzene rings is 1. The number of nitrogens with zero attached hydrogens (tertiary/aromatic N) is 2. The molecule has 3 N–H and O–H groups in total. The normalized spacial score (nSPS) is 12.7. The molecular formula is C18H23F3N4O2. The third-order valence-corrected chi connectivity index (χ3v) is 3.94. The van der Waals surface area contributed by atoms with Gasteiger partial charge in [-0.2, -0.15) is 18.2 Å². The van der Waals surface area contributed by atoms with E-state index >= 15 is 0 Å². The van der Waals surface area contributed by atoms with Gasteiger partial charge in [0.05, 0.1) is 19.8 Å². The maximum absolute atomic E-state index is 13.2. The Kier molecular flexibility index (Phi) is 6.84. The van der Waals surface area contributed by atoms with Crippen LogP contribution in [0.4, 0.5) is 24.9 Å². The fourth-order valence-electron chi connectivity index (χ4n) is 2.31. The largest absolute Gasteiger partial charge is 0.497 e. The van der Waals surface area contributed by atoms with E-state index in [1.807, 2.05) is 19.9 Å². The highest BCUT2D eigenvalue weighted by molar-refractivity contribution is 5.44. The van der Waals surface area contributed by atoms with Gasteiger partial charge in [-0.15, -0.1) is 0 Å². The maximum Gasteiger partial charge on any atom is 0.433 e. The van der Waals surface area contributed by atoms with Gasteiger partial charge in [-0.3, -0.25) is 0 Å². The number of ether oxygens (including phenoxy) is 1. The van der Waals surface area contributed by atoms with Crippen LogP contribution in [0.3, 0.4) is 0 Å². The second-order valence-corrected chi connectivity index (χ2v) is 6.34. The van der Waals surface area contributed by atoms with Crippen molar-refractivity contribution in [2.24, 2.45) is 5.92 Å². The van der Waals surface area contributed by atoms with Crippen molar-refractivity contribution in [3.63, 3.8) is 0 Å². The Morgan fingerprint density at radius 3 is 2.52 bits per heavy atom.